The lowest BCUT2D eigenvalue weighted by atomic mass is 10.0. The number of methoxy groups -OCH3 is 1. The van der Waals surface area contributed by atoms with Gasteiger partial charge in [-0.05, 0) is 60.2 Å². The number of benzene rings is 2. The van der Waals surface area contributed by atoms with Gasteiger partial charge in [0.05, 0.1) is 17.5 Å². The zero-order chi connectivity index (χ0) is 27.6. The van der Waals surface area contributed by atoms with Crippen LogP contribution in [-0.4, -0.2) is 48.4 Å². The fourth-order valence-corrected chi connectivity index (χ4v) is 6.29. The molecule has 1 aliphatic heterocycles. The molecule has 2 unspecified atom stereocenters. The molecule has 2 atom stereocenters. The van der Waals surface area contributed by atoms with Gasteiger partial charge in [0.1, 0.15) is 11.9 Å². The summed E-state index contributed by atoms with van der Waals surface area (Å²) < 4.78 is 40.2. The number of hydrogen-bond acceptors (Lipinski definition) is 8. The second-order valence-corrected chi connectivity index (χ2v) is 11.3. The van der Waals surface area contributed by atoms with Crippen LogP contribution in [0.3, 0.4) is 0 Å². The molecule has 0 radical (unpaired) electrons. The molecule has 2 aromatic carbocycles. The van der Waals surface area contributed by atoms with E-state index in [2.05, 4.69) is 9.97 Å². The second kappa shape index (κ2) is 11.1. The minimum atomic E-state index is -4.44. The lowest BCUT2D eigenvalue weighted by molar-refractivity contribution is 0.0935. The fraction of sp³-hybridized carbons (Fsp3) is 0.276. The van der Waals surface area contributed by atoms with Crippen molar-refractivity contribution in [3.8, 4) is 17.0 Å². The van der Waals surface area contributed by atoms with Crippen molar-refractivity contribution in [1.29, 1.82) is 0 Å². The summed E-state index contributed by atoms with van der Waals surface area (Å²) in [7, 11) is -2.94. The standard InChI is InChI=1S/C29H29N3O6S/c1-19-17-30-15-14-23(19)20-10-12-22(13-11-20)39(35,36)26-28(33)31-27(25-9-6-16-38-25)32(29(26)34)24(18-37-2)21-7-4-3-5-8-21/h3-5,7-8,10-15,17,24-25,33H,6,9,16,18H2,1-2H3. The van der Waals surface area contributed by atoms with Gasteiger partial charge >= 0.3 is 0 Å². The van der Waals surface area contributed by atoms with Gasteiger partial charge in [0.25, 0.3) is 5.56 Å². The molecule has 1 aliphatic rings. The quantitative estimate of drug-likeness (QED) is 0.348. The van der Waals surface area contributed by atoms with Crippen LogP contribution in [0.2, 0.25) is 0 Å². The van der Waals surface area contributed by atoms with Gasteiger partial charge in [-0.3, -0.25) is 14.3 Å². The van der Waals surface area contributed by atoms with Crippen molar-refractivity contribution >= 4 is 9.84 Å². The number of aromatic nitrogens is 3. The van der Waals surface area contributed by atoms with Crippen LogP contribution in [0.4, 0.5) is 0 Å². The smallest absolute Gasteiger partial charge is 0.277 e. The number of hydrogen-bond donors (Lipinski definition) is 1. The molecule has 1 saturated heterocycles. The Morgan fingerprint density at radius 3 is 2.51 bits per heavy atom. The topological polar surface area (TPSA) is 121 Å². The summed E-state index contributed by atoms with van der Waals surface area (Å²) in [5.41, 5.74) is 2.49. The maximum absolute atomic E-state index is 14.1. The van der Waals surface area contributed by atoms with Crippen LogP contribution in [0.15, 0.2) is 87.6 Å². The molecule has 3 heterocycles. The van der Waals surface area contributed by atoms with E-state index in [9.17, 15) is 18.3 Å². The minimum absolute atomic E-state index is 0.0789. The van der Waals surface area contributed by atoms with Crippen LogP contribution in [0, 0.1) is 6.92 Å². The first-order chi connectivity index (χ1) is 18.8. The number of sulfone groups is 1. The van der Waals surface area contributed by atoms with E-state index in [0.717, 1.165) is 28.7 Å². The van der Waals surface area contributed by atoms with Crippen LogP contribution in [0.5, 0.6) is 5.88 Å². The maximum atomic E-state index is 14.1. The molecule has 202 valence electrons. The molecule has 0 aliphatic carbocycles. The van der Waals surface area contributed by atoms with Crippen LogP contribution < -0.4 is 5.56 Å². The Hall–Kier alpha value is -3.86. The number of pyridine rings is 1. The van der Waals surface area contributed by atoms with Crippen LogP contribution in [0.1, 0.15) is 41.9 Å². The van der Waals surface area contributed by atoms with Gasteiger partial charge < -0.3 is 14.6 Å². The zero-order valence-electron chi connectivity index (χ0n) is 21.6. The third-order valence-electron chi connectivity index (χ3n) is 6.89. The van der Waals surface area contributed by atoms with E-state index in [1.165, 1.54) is 23.8 Å². The Labute approximate surface area is 226 Å². The Bertz CT molecular complexity index is 1630. The lowest BCUT2D eigenvalue weighted by Gasteiger charge is -2.25. The summed E-state index contributed by atoms with van der Waals surface area (Å²) in [6.45, 7) is 2.47. The predicted molar refractivity (Wildman–Crippen MR) is 144 cm³/mol. The first kappa shape index (κ1) is 26.7. The average molecular weight is 548 g/mol. The van der Waals surface area contributed by atoms with Gasteiger partial charge in [0.2, 0.25) is 15.7 Å². The number of aryl methyl sites for hydroxylation is 1. The van der Waals surface area contributed by atoms with Crippen LogP contribution in [0.25, 0.3) is 11.1 Å². The number of nitrogens with zero attached hydrogens (tertiary/aromatic N) is 3. The van der Waals surface area contributed by atoms with E-state index in [1.807, 2.05) is 43.3 Å². The Morgan fingerprint density at radius 1 is 1.13 bits per heavy atom. The third-order valence-corrected chi connectivity index (χ3v) is 8.67. The molecule has 0 amide bonds. The van der Waals surface area contributed by atoms with Crippen molar-refractivity contribution < 1.29 is 23.0 Å². The van der Waals surface area contributed by atoms with Crippen LogP contribution in [-0.2, 0) is 19.3 Å². The molecular weight excluding hydrogens is 518 g/mol. The summed E-state index contributed by atoms with van der Waals surface area (Å²) in [5, 5.41) is 10.9. The average Bonchev–Trinajstić information content (AvgIpc) is 3.48. The lowest BCUT2D eigenvalue weighted by Crippen LogP contribution is -2.36. The molecule has 2 aromatic heterocycles. The van der Waals surface area contributed by atoms with Gasteiger partial charge in [-0.25, -0.2) is 8.42 Å². The molecule has 1 N–H and O–H groups in total. The normalized spacial score (nSPS) is 16.3. The summed E-state index contributed by atoms with van der Waals surface area (Å²) in [6.07, 6.45) is 4.17. The van der Waals surface area contributed by atoms with E-state index >= 15 is 0 Å². The Morgan fingerprint density at radius 2 is 1.87 bits per heavy atom. The van der Waals surface area contributed by atoms with E-state index < -0.39 is 38.3 Å². The largest absolute Gasteiger partial charge is 0.492 e. The molecule has 10 heteroatoms. The molecule has 0 bridgehead atoms. The Balaban J connectivity index is 1.67. The third kappa shape index (κ3) is 5.10. The summed E-state index contributed by atoms with van der Waals surface area (Å²) >= 11 is 0. The molecule has 1 fully saturated rings. The zero-order valence-corrected chi connectivity index (χ0v) is 22.5. The molecule has 5 rings (SSSR count). The van der Waals surface area contributed by atoms with Gasteiger partial charge in [-0.2, -0.15) is 4.98 Å². The van der Waals surface area contributed by atoms with Crippen molar-refractivity contribution in [2.45, 2.75) is 41.7 Å². The number of ether oxygens (including phenoxy) is 2. The molecule has 0 spiro atoms. The highest BCUT2D eigenvalue weighted by molar-refractivity contribution is 7.91. The SMILES string of the molecule is COCC(c1ccccc1)n1c(C2CCCO2)nc(O)c(S(=O)(=O)c2ccc(-c3ccncc3C)cc2)c1=O. The highest BCUT2D eigenvalue weighted by atomic mass is 32.2. The van der Waals surface area contributed by atoms with Gasteiger partial charge in [-0.1, -0.05) is 42.5 Å². The molecule has 9 nitrogen and oxygen atoms in total. The highest BCUT2D eigenvalue weighted by Crippen LogP contribution is 2.34. The van der Waals surface area contributed by atoms with Crippen LogP contribution >= 0.6 is 0 Å². The maximum Gasteiger partial charge on any atom is 0.277 e. The second-order valence-electron chi connectivity index (χ2n) is 9.40. The first-order valence-corrected chi connectivity index (χ1v) is 14.1. The van der Waals surface area contributed by atoms with E-state index in [1.54, 1.807) is 24.5 Å². The van der Waals surface area contributed by atoms with E-state index in [0.29, 0.717) is 13.0 Å². The van der Waals surface area contributed by atoms with E-state index in [-0.39, 0.29) is 17.3 Å². The fourth-order valence-electron chi connectivity index (χ4n) is 4.95. The van der Waals surface area contributed by atoms with Crippen molar-refractivity contribution in [1.82, 2.24) is 14.5 Å². The van der Waals surface area contributed by atoms with E-state index in [4.69, 9.17) is 9.47 Å². The first-order valence-electron chi connectivity index (χ1n) is 12.6. The van der Waals surface area contributed by atoms with Crippen molar-refractivity contribution in [3.63, 3.8) is 0 Å². The summed E-state index contributed by atoms with van der Waals surface area (Å²) in [4.78, 5) is 21.5. The summed E-state index contributed by atoms with van der Waals surface area (Å²) in [5.74, 6) is -0.677. The Kier molecular flexibility index (Phi) is 7.60. The van der Waals surface area contributed by atoms with Gasteiger partial charge in [-0.15, -0.1) is 0 Å². The molecule has 0 saturated carbocycles. The monoisotopic (exact) mass is 547 g/mol. The number of rotatable bonds is 8. The van der Waals surface area contributed by atoms with Crippen molar-refractivity contribution in [2.75, 3.05) is 20.3 Å². The number of aromatic hydroxyl groups is 1. The highest BCUT2D eigenvalue weighted by Gasteiger charge is 2.35. The predicted octanol–water partition coefficient (Wildman–Crippen LogP) is 4.24. The van der Waals surface area contributed by atoms with Crippen molar-refractivity contribution in [2.24, 2.45) is 0 Å². The minimum Gasteiger partial charge on any atom is -0.492 e. The molecule has 39 heavy (non-hydrogen) atoms. The van der Waals surface area contributed by atoms with Crippen molar-refractivity contribution in [3.05, 3.63) is 100 Å². The van der Waals surface area contributed by atoms with Gasteiger partial charge in [0.15, 0.2) is 4.90 Å². The molecular formula is C29H29N3O6S. The van der Waals surface area contributed by atoms with Gasteiger partial charge in [0, 0.05) is 26.1 Å². The molecule has 4 aromatic rings. The summed E-state index contributed by atoms with van der Waals surface area (Å²) in [6, 6.07) is 16.5.